The van der Waals surface area contributed by atoms with Crippen LogP contribution in [-0.2, 0) is 0 Å². The van der Waals surface area contributed by atoms with Crippen molar-refractivity contribution in [1.82, 2.24) is 14.9 Å². The standard InChI is InChI=1S/C12H15N3O2/c1-8(13-2)15-7-14-11-5-4-9(17-3)6-10(11)12(15)16/h4-8,13H,1-3H3. The first kappa shape index (κ1) is 11.6. The van der Waals surface area contributed by atoms with Gasteiger partial charge in [-0.1, -0.05) is 0 Å². The van der Waals surface area contributed by atoms with Gasteiger partial charge in [-0.25, -0.2) is 4.98 Å². The summed E-state index contributed by atoms with van der Waals surface area (Å²) in [6.45, 7) is 1.90. The van der Waals surface area contributed by atoms with E-state index in [1.54, 1.807) is 43.3 Å². The summed E-state index contributed by atoms with van der Waals surface area (Å²) in [5.74, 6) is 0.659. The molecule has 0 amide bonds. The van der Waals surface area contributed by atoms with Crippen molar-refractivity contribution in [2.75, 3.05) is 14.2 Å². The van der Waals surface area contributed by atoms with Crippen LogP contribution >= 0.6 is 0 Å². The lowest BCUT2D eigenvalue weighted by atomic mass is 10.2. The number of hydrogen-bond donors (Lipinski definition) is 1. The van der Waals surface area contributed by atoms with E-state index in [2.05, 4.69) is 10.3 Å². The Balaban J connectivity index is 2.68. The van der Waals surface area contributed by atoms with Crippen molar-refractivity contribution in [3.63, 3.8) is 0 Å². The lowest BCUT2D eigenvalue weighted by Gasteiger charge is -2.14. The Bertz CT molecular complexity index is 592. The van der Waals surface area contributed by atoms with Crippen LogP contribution in [0.25, 0.3) is 10.9 Å². The Morgan fingerprint density at radius 2 is 2.24 bits per heavy atom. The molecule has 0 aliphatic rings. The average Bonchev–Trinajstić information content (AvgIpc) is 2.38. The lowest BCUT2D eigenvalue weighted by molar-refractivity contribution is 0.415. The molecule has 0 aliphatic carbocycles. The van der Waals surface area contributed by atoms with E-state index in [0.717, 1.165) is 0 Å². The van der Waals surface area contributed by atoms with Gasteiger partial charge >= 0.3 is 0 Å². The van der Waals surface area contributed by atoms with Gasteiger partial charge in [0.25, 0.3) is 5.56 Å². The van der Waals surface area contributed by atoms with E-state index < -0.39 is 0 Å². The minimum Gasteiger partial charge on any atom is -0.497 e. The molecule has 90 valence electrons. The Morgan fingerprint density at radius 3 is 2.88 bits per heavy atom. The molecule has 1 aromatic carbocycles. The number of hydrogen-bond acceptors (Lipinski definition) is 4. The number of benzene rings is 1. The first-order valence-corrected chi connectivity index (χ1v) is 5.39. The highest BCUT2D eigenvalue weighted by Gasteiger charge is 2.08. The van der Waals surface area contributed by atoms with Gasteiger partial charge < -0.3 is 10.1 Å². The fraction of sp³-hybridized carbons (Fsp3) is 0.333. The third-order valence-corrected chi connectivity index (χ3v) is 2.82. The summed E-state index contributed by atoms with van der Waals surface area (Å²) in [5.41, 5.74) is 0.603. The van der Waals surface area contributed by atoms with Crippen molar-refractivity contribution < 1.29 is 4.74 Å². The zero-order chi connectivity index (χ0) is 12.4. The molecule has 0 radical (unpaired) electrons. The maximum Gasteiger partial charge on any atom is 0.262 e. The van der Waals surface area contributed by atoms with Crippen LogP contribution in [0.15, 0.2) is 29.3 Å². The summed E-state index contributed by atoms with van der Waals surface area (Å²) in [5, 5.41) is 3.57. The van der Waals surface area contributed by atoms with E-state index in [1.165, 1.54) is 0 Å². The summed E-state index contributed by atoms with van der Waals surface area (Å²) in [6, 6.07) is 5.29. The number of methoxy groups -OCH3 is 1. The van der Waals surface area contributed by atoms with E-state index in [-0.39, 0.29) is 11.7 Å². The molecule has 2 rings (SSSR count). The SMILES string of the molecule is CNC(C)n1cnc2ccc(OC)cc2c1=O. The number of nitrogens with one attached hydrogen (secondary N) is 1. The normalized spacial score (nSPS) is 12.6. The molecular formula is C12H15N3O2. The number of nitrogens with zero attached hydrogens (tertiary/aromatic N) is 2. The molecule has 1 heterocycles. The topological polar surface area (TPSA) is 56.1 Å². The molecule has 17 heavy (non-hydrogen) atoms. The molecule has 2 aromatic rings. The summed E-state index contributed by atoms with van der Waals surface area (Å²) in [4.78, 5) is 16.5. The van der Waals surface area contributed by atoms with Crippen molar-refractivity contribution in [1.29, 1.82) is 0 Å². The van der Waals surface area contributed by atoms with Gasteiger partial charge in [-0.15, -0.1) is 0 Å². The van der Waals surface area contributed by atoms with E-state index >= 15 is 0 Å². The molecule has 0 saturated heterocycles. The number of ether oxygens (including phenoxy) is 1. The quantitative estimate of drug-likeness (QED) is 0.863. The fourth-order valence-electron chi connectivity index (χ4n) is 1.66. The molecule has 1 aromatic heterocycles. The van der Waals surface area contributed by atoms with Crippen molar-refractivity contribution in [3.8, 4) is 5.75 Å². The first-order chi connectivity index (χ1) is 8.17. The second kappa shape index (κ2) is 4.55. The van der Waals surface area contributed by atoms with Crippen molar-refractivity contribution in [2.24, 2.45) is 0 Å². The van der Waals surface area contributed by atoms with Gasteiger partial charge in [0.2, 0.25) is 0 Å². The molecule has 1 unspecified atom stereocenters. The number of rotatable bonds is 3. The molecule has 1 atom stereocenters. The Hall–Kier alpha value is -1.88. The lowest BCUT2D eigenvalue weighted by Crippen LogP contribution is -2.30. The van der Waals surface area contributed by atoms with E-state index in [1.807, 2.05) is 6.92 Å². The molecule has 0 spiro atoms. The Kier molecular flexibility index (Phi) is 3.10. The average molecular weight is 233 g/mol. The van der Waals surface area contributed by atoms with Gasteiger partial charge in [0.1, 0.15) is 5.75 Å². The van der Waals surface area contributed by atoms with Gasteiger partial charge in [0.15, 0.2) is 0 Å². The molecule has 0 saturated carbocycles. The zero-order valence-corrected chi connectivity index (χ0v) is 10.1. The van der Waals surface area contributed by atoms with Gasteiger partial charge in [-0.2, -0.15) is 0 Å². The van der Waals surface area contributed by atoms with Gasteiger partial charge in [-0.05, 0) is 32.2 Å². The zero-order valence-electron chi connectivity index (χ0n) is 10.1. The minimum absolute atomic E-state index is 0.0734. The van der Waals surface area contributed by atoms with E-state index in [0.29, 0.717) is 16.7 Å². The molecule has 5 heteroatoms. The summed E-state index contributed by atoms with van der Waals surface area (Å²) >= 11 is 0. The van der Waals surface area contributed by atoms with Crippen LogP contribution in [0.1, 0.15) is 13.1 Å². The third-order valence-electron chi connectivity index (χ3n) is 2.82. The van der Waals surface area contributed by atoms with E-state index in [9.17, 15) is 4.79 Å². The fourth-order valence-corrected chi connectivity index (χ4v) is 1.66. The van der Waals surface area contributed by atoms with Crippen LogP contribution in [0.3, 0.4) is 0 Å². The molecule has 5 nitrogen and oxygen atoms in total. The van der Waals surface area contributed by atoms with Crippen molar-refractivity contribution >= 4 is 10.9 Å². The van der Waals surface area contributed by atoms with Crippen LogP contribution in [0.5, 0.6) is 5.75 Å². The maximum absolute atomic E-state index is 12.2. The minimum atomic E-state index is -0.0920. The first-order valence-electron chi connectivity index (χ1n) is 5.39. The molecular weight excluding hydrogens is 218 g/mol. The van der Waals surface area contributed by atoms with E-state index in [4.69, 9.17) is 4.74 Å². The summed E-state index contributed by atoms with van der Waals surface area (Å²) < 4.78 is 6.67. The Morgan fingerprint density at radius 1 is 1.47 bits per heavy atom. The second-order valence-corrected chi connectivity index (χ2v) is 3.80. The number of aromatic nitrogens is 2. The predicted octanol–water partition coefficient (Wildman–Crippen LogP) is 1.14. The van der Waals surface area contributed by atoms with Crippen molar-refractivity contribution in [2.45, 2.75) is 13.1 Å². The summed E-state index contributed by atoms with van der Waals surface area (Å²) in [6.07, 6.45) is 1.46. The highest BCUT2D eigenvalue weighted by molar-refractivity contribution is 5.78. The second-order valence-electron chi connectivity index (χ2n) is 3.80. The van der Waals surface area contributed by atoms with Crippen LogP contribution in [0.4, 0.5) is 0 Å². The van der Waals surface area contributed by atoms with Crippen LogP contribution in [0, 0.1) is 0 Å². The summed E-state index contributed by atoms with van der Waals surface area (Å²) in [7, 11) is 3.37. The highest BCUT2D eigenvalue weighted by atomic mass is 16.5. The Labute approximate surface area is 99.0 Å². The third kappa shape index (κ3) is 2.01. The van der Waals surface area contributed by atoms with Gasteiger partial charge in [-0.3, -0.25) is 9.36 Å². The molecule has 0 fully saturated rings. The maximum atomic E-state index is 12.2. The van der Waals surface area contributed by atoms with Gasteiger partial charge in [0, 0.05) is 0 Å². The predicted molar refractivity (Wildman–Crippen MR) is 66.3 cm³/mol. The van der Waals surface area contributed by atoms with Crippen LogP contribution in [0.2, 0.25) is 0 Å². The molecule has 1 N–H and O–H groups in total. The van der Waals surface area contributed by atoms with Gasteiger partial charge in [0.05, 0.1) is 30.5 Å². The smallest absolute Gasteiger partial charge is 0.262 e. The number of fused-ring (bicyclic) bond motifs is 1. The van der Waals surface area contributed by atoms with Crippen molar-refractivity contribution in [3.05, 3.63) is 34.9 Å². The van der Waals surface area contributed by atoms with Crippen LogP contribution < -0.4 is 15.6 Å². The molecule has 0 bridgehead atoms. The van der Waals surface area contributed by atoms with Crippen LogP contribution in [-0.4, -0.2) is 23.7 Å². The largest absolute Gasteiger partial charge is 0.497 e. The molecule has 0 aliphatic heterocycles. The highest BCUT2D eigenvalue weighted by Crippen LogP contribution is 2.16. The monoisotopic (exact) mass is 233 g/mol.